The molecule has 2 aliphatic heterocycles. The van der Waals surface area contributed by atoms with Gasteiger partial charge in [0.1, 0.15) is 46.2 Å². The molecule has 404 valence electrons. The average Bonchev–Trinajstić information content (AvgIpc) is 4.24. The van der Waals surface area contributed by atoms with Crippen molar-refractivity contribution < 1.29 is 37.4 Å². The van der Waals surface area contributed by atoms with Crippen molar-refractivity contribution in [1.29, 1.82) is 0 Å². The number of aryl methyl sites for hydroxylation is 2. The molecular weight excluding hydrogens is 1070 g/mol. The zero-order chi connectivity index (χ0) is 55.3. The van der Waals surface area contributed by atoms with Gasteiger partial charge in [-0.05, 0) is 92.8 Å². The maximum absolute atomic E-state index is 16.2. The van der Waals surface area contributed by atoms with Crippen molar-refractivity contribution in [2.24, 2.45) is 10.4 Å². The third-order valence-electron chi connectivity index (χ3n) is 13.6. The Hall–Kier alpha value is -6.30. The smallest absolute Gasteiger partial charge is 0.332 e. The molecular formula is C56H59Cl3F2N9O6S+. The molecule has 2 aliphatic rings. The van der Waals surface area contributed by atoms with Gasteiger partial charge in [-0.1, -0.05) is 84.7 Å². The van der Waals surface area contributed by atoms with E-state index in [0.717, 1.165) is 38.3 Å². The molecule has 0 aliphatic carbocycles. The van der Waals surface area contributed by atoms with E-state index in [1.807, 2.05) is 56.5 Å². The first-order valence-corrected chi connectivity index (χ1v) is 26.8. The first-order valence-electron chi connectivity index (χ1n) is 24.9. The van der Waals surface area contributed by atoms with Crippen LogP contribution in [0.25, 0.3) is 9.85 Å². The van der Waals surface area contributed by atoms with Crippen molar-refractivity contribution in [2.45, 2.75) is 84.0 Å². The number of hydrogen-bond donors (Lipinski definition) is 4. The Labute approximate surface area is 464 Å². The van der Waals surface area contributed by atoms with Gasteiger partial charge < -0.3 is 30.2 Å². The summed E-state index contributed by atoms with van der Waals surface area (Å²) in [6.45, 7) is 19.6. The third-order valence-corrected chi connectivity index (χ3v) is 15.6. The van der Waals surface area contributed by atoms with Crippen molar-refractivity contribution >= 4 is 75.3 Å². The topological polar surface area (TPSA) is 174 Å². The summed E-state index contributed by atoms with van der Waals surface area (Å²) in [6, 6.07) is 17.8. The number of aliphatic imine (C=N–C) groups is 1. The van der Waals surface area contributed by atoms with Crippen LogP contribution in [0.1, 0.15) is 100 Å². The van der Waals surface area contributed by atoms with Crippen LogP contribution in [0.2, 0.25) is 15.1 Å². The largest absolute Gasteiger partial charge is 0.495 e. The van der Waals surface area contributed by atoms with Crippen LogP contribution < -0.4 is 26.0 Å². The lowest BCUT2D eigenvalue weighted by atomic mass is 9.68. The lowest BCUT2D eigenvalue weighted by Gasteiger charge is -2.30. The molecule has 0 radical (unpaired) electrons. The molecule has 5 atom stereocenters. The minimum atomic E-state index is -1.73. The molecule has 1 saturated heterocycles. The summed E-state index contributed by atoms with van der Waals surface area (Å²) < 4.78 is 51.3. The first kappa shape index (κ1) is 56.9. The average molecular weight is 1130 g/mol. The SMILES string of the molecule is C#[N+][C@]1(c2ccc(Cl)cc2F)[C@H](c2cccc(Cl)c2F)[C@@H](C(=O)Nc2ccc(C(=O)NCCOCCOCCNC(=O)C[C@@H]3N=C(c4ccc(Cl)cc4)c4c(sc(C)c4C)-n4c(C)nnc43)cc2OC)N[C@@H]1CC(C)(C)C. The van der Waals surface area contributed by atoms with Gasteiger partial charge in [-0.3, -0.25) is 29.3 Å². The zero-order valence-electron chi connectivity index (χ0n) is 43.5. The Kier molecular flexibility index (Phi) is 17.8. The maximum Gasteiger partial charge on any atom is 0.332 e. The molecule has 4 aromatic carbocycles. The number of anilines is 1. The summed E-state index contributed by atoms with van der Waals surface area (Å²) in [7, 11) is 1.39. The van der Waals surface area contributed by atoms with Crippen LogP contribution in [0.15, 0.2) is 83.9 Å². The summed E-state index contributed by atoms with van der Waals surface area (Å²) in [5.41, 5.74) is 2.05. The number of nitrogens with one attached hydrogen (secondary N) is 4. The highest BCUT2D eigenvalue weighted by molar-refractivity contribution is 7.15. The summed E-state index contributed by atoms with van der Waals surface area (Å²) in [5, 5.41) is 22.3. The highest BCUT2D eigenvalue weighted by Gasteiger charge is 2.69. The molecule has 0 bridgehead atoms. The lowest BCUT2D eigenvalue weighted by Crippen LogP contribution is -2.44. The predicted octanol–water partition coefficient (Wildman–Crippen LogP) is 10.7. The number of halogens is 5. The number of benzene rings is 4. The molecule has 77 heavy (non-hydrogen) atoms. The summed E-state index contributed by atoms with van der Waals surface area (Å²) in [4.78, 5) is 51.8. The number of thiophene rings is 1. The van der Waals surface area contributed by atoms with Crippen LogP contribution in [0.5, 0.6) is 5.75 Å². The van der Waals surface area contributed by atoms with E-state index >= 15 is 8.78 Å². The van der Waals surface area contributed by atoms with Crippen molar-refractivity contribution in [3.8, 4) is 17.3 Å². The number of rotatable bonds is 19. The van der Waals surface area contributed by atoms with E-state index in [4.69, 9.17) is 60.6 Å². The number of methoxy groups -OCH3 is 1. The quantitative estimate of drug-likeness (QED) is 0.0576. The Morgan fingerprint density at radius 1 is 0.896 bits per heavy atom. The van der Waals surface area contributed by atoms with Crippen LogP contribution in [0.4, 0.5) is 14.5 Å². The Morgan fingerprint density at radius 2 is 1.60 bits per heavy atom. The molecule has 0 saturated carbocycles. The molecule has 21 heteroatoms. The number of nitrogens with zero attached hydrogens (tertiary/aromatic N) is 5. The van der Waals surface area contributed by atoms with E-state index < -0.39 is 58.4 Å². The fourth-order valence-electron chi connectivity index (χ4n) is 10.0. The second kappa shape index (κ2) is 24.2. The molecule has 4 N–H and O–H groups in total. The Morgan fingerprint density at radius 3 is 2.27 bits per heavy atom. The minimum Gasteiger partial charge on any atom is -0.495 e. The Balaban J connectivity index is 0.829. The van der Waals surface area contributed by atoms with Gasteiger partial charge >= 0.3 is 5.54 Å². The fourth-order valence-corrected chi connectivity index (χ4v) is 11.7. The van der Waals surface area contributed by atoms with Crippen molar-refractivity contribution in [3.05, 3.63) is 160 Å². The number of fused-ring (bicyclic) bond motifs is 3. The Bertz CT molecular complexity index is 3270. The lowest BCUT2D eigenvalue weighted by molar-refractivity contribution is -0.121. The summed E-state index contributed by atoms with van der Waals surface area (Å²) in [5.74, 6) is -2.60. The second-order valence-electron chi connectivity index (χ2n) is 20.0. The van der Waals surface area contributed by atoms with E-state index in [0.29, 0.717) is 23.1 Å². The van der Waals surface area contributed by atoms with Crippen LogP contribution >= 0.6 is 46.1 Å². The normalized spacial score (nSPS) is 18.9. The summed E-state index contributed by atoms with van der Waals surface area (Å²) in [6.07, 6.45) is 0.377. The third kappa shape index (κ3) is 12.2. The van der Waals surface area contributed by atoms with Gasteiger partial charge in [0.25, 0.3) is 12.5 Å². The predicted molar refractivity (Wildman–Crippen MR) is 297 cm³/mol. The van der Waals surface area contributed by atoms with Crippen LogP contribution in [-0.2, 0) is 24.6 Å². The monoisotopic (exact) mass is 1130 g/mol. The molecule has 0 unspecified atom stereocenters. The number of carbonyl (C=O) groups is 3. The second-order valence-corrected chi connectivity index (χ2v) is 22.5. The van der Waals surface area contributed by atoms with Crippen LogP contribution in [0.3, 0.4) is 0 Å². The van der Waals surface area contributed by atoms with E-state index in [2.05, 4.69) is 50.2 Å². The van der Waals surface area contributed by atoms with Crippen LogP contribution in [0, 0.1) is 44.4 Å². The van der Waals surface area contributed by atoms with Crippen molar-refractivity contribution in [2.75, 3.05) is 51.9 Å². The van der Waals surface area contributed by atoms with Crippen molar-refractivity contribution in [1.82, 2.24) is 30.7 Å². The van der Waals surface area contributed by atoms with E-state index in [9.17, 15) is 14.4 Å². The number of carbonyl (C=O) groups excluding carboxylic acids is 3. The van der Waals surface area contributed by atoms with E-state index in [-0.39, 0.29) is 90.0 Å². The molecule has 6 aromatic rings. The van der Waals surface area contributed by atoms with Gasteiger partial charge in [-0.25, -0.2) is 8.78 Å². The van der Waals surface area contributed by atoms with E-state index in [1.54, 1.807) is 11.3 Å². The number of hydrogen-bond acceptors (Lipinski definition) is 11. The molecule has 4 heterocycles. The number of ether oxygens (including phenoxy) is 3. The number of aromatic nitrogens is 3. The van der Waals surface area contributed by atoms with Gasteiger partial charge in [0.05, 0.1) is 68.0 Å². The standard InChI is InChI=1S/C56H58Cl3F2N9O6S/c1-30-31(2)77-54-46(30)49(33-12-15-35(57)16-13-33)65-42(51-69-68-32(3)70(51)54)28-45(71)63-20-22-75-24-25-76-23-21-64-52(72)34-14-19-41(43(26-34)74-8)66-53(73)50-47(37-10-9-11-39(59)48(37)61)56(62-7,44(67-50)29-55(4,5)6)38-18-17-36(58)27-40(38)60/h7,9-19,26-27,42,44,47,50,67H,20-25,28-29H2,1-6,8H3,(H2-,63,64,66,71,72,73)/p+1/t42-,44+,47+,50-,56-/m0/s1. The minimum absolute atomic E-state index is 0.00428. The molecule has 3 amide bonds. The molecule has 15 nitrogen and oxygen atoms in total. The van der Waals surface area contributed by atoms with Gasteiger partial charge in [0.15, 0.2) is 5.82 Å². The highest BCUT2D eigenvalue weighted by Crippen LogP contribution is 2.54. The van der Waals surface area contributed by atoms with E-state index in [1.165, 1.54) is 55.6 Å². The van der Waals surface area contributed by atoms with Gasteiger partial charge in [0.2, 0.25) is 11.8 Å². The van der Waals surface area contributed by atoms with Gasteiger partial charge in [0, 0.05) is 50.3 Å². The molecule has 0 spiro atoms. The highest BCUT2D eigenvalue weighted by atomic mass is 35.5. The zero-order valence-corrected chi connectivity index (χ0v) is 46.6. The summed E-state index contributed by atoms with van der Waals surface area (Å²) >= 11 is 20.4. The fraction of sp³-hybridized carbons (Fsp3) is 0.375. The molecule has 8 rings (SSSR count). The van der Waals surface area contributed by atoms with Crippen molar-refractivity contribution in [3.63, 3.8) is 0 Å². The molecule has 2 aromatic heterocycles. The number of amides is 3. The maximum atomic E-state index is 16.2. The molecule has 1 fully saturated rings. The first-order chi connectivity index (χ1) is 36.8. The van der Waals surface area contributed by atoms with Crippen LogP contribution in [-0.4, -0.2) is 96.9 Å². The van der Waals surface area contributed by atoms with Gasteiger partial charge in [-0.2, -0.15) is 0 Å². The van der Waals surface area contributed by atoms with Gasteiger partial charge in [-0.15, -0.1) is 21.5 Å².